The van der Waals surface area contributed by atoms with Gasteiger partial charge in [-0.25, -0.2) is 0 Å². The van der Waals surface area contributed by atoms with E-state index >= 15 is 0 Å². The Hall–Kier alpha value is -1.36. The first-order chi connectivity index (χ1) is 10.0. The summed E-state index contributed by atoms with van der Waals surface area (Å²) >= 11 is 1.72. The Balaban J connectivity index is 1.75. The molecule has 0 radical (unpaired) electrons. The highest BCUT2D eigenvalue weighted by atomic mass is 32.1. The van der Waals surface area contributed by atoms with Gasteiger partial charge in [-0.15, -0.1) is 11.3 Å². The maximum Gasteiger partial charge on any atom is 0.311 e. The number of fused-ring (bicyclic) bond motifs is 1. The second kappa shape index (κ2) is 5.44. The van der Waals surface area contributed by atoms with E-state index in [0.717, 1.165) is 37.7 Å². The van der Waals surface area contributed by atoms with E-state index in [-0.39, 0.29) is 17.9 Å². The third-order valence-corrected chi connectivity index (χ3v) is 6.13. The van der Waals surface area contributed by atoms with E-state index < -0.39 is 11.4 Å². The zero-order chi connectivity index (χ0) is 15.0. The van der Waals surface area contributed by atoms with Gasteiger partial charge in [0.15, 0.2) is 0 Å². The summed E-state index contributed by atoms with van der Waals surface area (Å²) in [4.78, 5) is 25.4. The molecule has 0 bridgehead atoms. The van der Waals surface area contributed by atoms with Crippen molar-refractivity contribution in [2.24, 2.45) is 5.41 Å². The van der Waals surface area contributed by atoms with Crippen LogP contribution < -0.4 is 5.32 Å². The number of nitrogens with one attached hydrogen (secondary N) is 1. The maximum absolute atomic E-state index is 12.6. The van der Waals surface area contributed by atoms with Crippen molar-refractivity contribution in [2.75, 3.05) is 0 Å². The Labute approximate surface area is 128 Å². The van der Waals surface area contributed by atoms with Gasteiger partial charge in [-0.3, -0.25) is 9.59 Å². The highest BCUT2D eigenvalue weighted by Gasteiger charge is 2.46. The van der Waals surface area contributed by atoms with Crippen molar-refractivity contribution in [1.29, 1.82) is 0 Å². The van der Waals surface area contributed by atoms with Gasteiger partial charge in [0.05, 0.1) is 11.3 Å². The number of aryl methyl sites for hydroxylation is 1. The normalized spacial score (nSPS) is 31.7. The van der Waals surface area contributed by atoms with Crippen LogP contribution in [0.15, 0.2) is 11.4 Å². The molecule has 2 aliphatic carbocycles. The van der Waals surface area contributed by atoms with Gasteiger partial charge in [0.25, 0.3) is 0 Å². The molecule has 2 N–H and O–H groups in total. The summed E-state index contributed by atoms with van der Waals surface area (Å²) < 4.78 is 0. The number of hydrogen-bond acceptors (Lipinski definition) is 3. The average molecular weight is 307 g/mol. The van der Waals surface area contributed by atoms with E-state index in [4.69, 9.17) is 0 Å². The molecular weight excluding hydrogens is 286 g/mol. The number of carboxylic acids is 1. The molecule has 1 aromatic rings. The van der Waals surface area contributed by atoms with Gasteiger partial charge >= 0.3 is 5.97 Å². The standard InChI is InChI=1S/C16H21NO3S/c1-16(15(19)20)8-3-6-13(16)17-14(18)11-4-2-5-12-10(11)7-9-21-12/h7,9,11,13H,2-6,8H2,1H3,(H,17,18)(H,19,20). The summed E-state index contributed by atoms with van der Waals surface area (Å²) in [5.74, 6) is -0.891. The number of carbonyl (C=O) groups excluding carboxylic acids is 1. The van der Waals surface area contributed by atoms with Crippen LogP contribution in [0.2, 0.25) is 0 Å². The topological polar surface area (TPSA) is 66.4 Å². The van der Waals surface area contributed by atoms with Crippen LogP contribution >= 0.6 is 11.3 Å². The fourth-order valence-corrected chi connectivity index (χ4v) is 4.67. The van der Waals surface area contributed by atoms with Crippen LogP contribution in [-0.4, -0.2) is 23.0 Å². The molecule has 1 saturated carbocycles. The summed E-state index contributed by atoms with van der Waals surface area (Å²) in [6.07, 6.45) is 5.23. The predicted molar refractivity (Wildman–Crippen MR) is 81.5 cm³/mol. The SMILES string of the molecule is CC1(C(=O)O)CCCC1NC(=O)C1CCCc2sccc21. The van der Waals surface area contributed by atoms with Crippen molar-refractivity contribution < 1.29 is 14.7 Å². The first-order valence-electron chi connectivity index (χ1n) is 7.62. The fraction of sp³-hybridized carbons (Fsp3) is 0.625. The molecule has 0 spiro atoms. The summed E-state index contributed by atoms with van der Waals surface area (Å²) in [6.45, 7) is 1.75. The molecule has 5 heteroatoms. The van der Waals surface area contributed by atoms with Crippen LogP contribution in [0.1, 0.15) is 55.4 Å². The minimum Gasteiger partial charge on any atom is -0.481 e. The molecule has 3 rings (SSSR count). The average Bonchev–Trinajstić information content (AvgIpc) is 3.06. The molecule has 4 nitrogen and oxygen atoms in total. The van der Waals surface area contributed by atoms with Gasteiger partial charge < -0.3 is 10.4 Å². The molecule has 1 heterocycles. The Morgan fingerprint density at radius 1 is 1.38 bits per heavy atom. The maximum atomic E-state index is 12.6. The van der Waals surface area contributed by atoms with Crippen LogP contribution in [0, 0.1) is 5.41 Å². The lowest BCUT2D eigenvalue weighted by Gasteiger charge is -2.30. The molecule has 3 unspecified atom stereocenters. The summed E-state index contributed by atoms with van der Waals surface area (Å²) in [5.41, 5.74) is 0.334. The molecule has 114 valence electrons. The molecule has 1 aromatic heterocycles. The molecular formula is C16H21NO3S. The van der Waals surface area contributed by atoms with Gasteiger partial charge in [0.2, 0.25) is 5.91 Å². The Morgan fingerprint density at radius 2 is 2.19 bits per heavy atom. The van der Waals surface area contributed by atoms with Crippen LogP contribution in [0.25, 0.3) is 0 Å². The van der Waals surface area contributed by atoms with Gasteiger partial charge in [-0.1, -0.05) is 6.42 Å². The lowest BCUT2D eigenvalue weighted by molar-refractivity contribution is -0.149. The molecule has 2 aliphatic rings. The van der Waals surface area contributed by atoms with E-state index in [0.29, 0.717) is 6.42 Å². The first kappa shape index (κ1) is 14.6. The third kappa shape index (κ3) is 2.48. The summed E-state index contributed by atoms with van der Waals surface area (Å²) in [7, 11) is 0. The van der Waals surface area contributed by atoms with Crippen LogP contribution in [0.5, 0.6) is 0 Å². The minimum absolute atomic E-state index is 0.00808. The van der Waals surface area contributed by atoms with E-state index in [2.05, 4.69) is 11.4 Å². The second-order valence-corrected chi connectivity index (χ2v) is 7.42. The van der Waals surface area contributed by atoms with Crippen molar-refractivity contribution in [3.63, 3.8) is 0 Å². The third-order valence-electron chi connectivity index (χ3n) is 5.13. The molecule has 1 amide bonds. The van der Waals surface area contributed by atoms with Crippen molar-refractivity contribution in [2.45, 2.75) is 57.4 Å². The smallest absolute Gasteiger partial charge is 0.311 e. The molecule has 0 saturated heterocycles. The monoisotopic (exact) mass is 307 g/mol. The number of carbonyl (C=O) groups is 2. The van der Waals surface area contributed by atoms with Crippen LogP contribution in [0.3, 0.4) is 0 Å². The fourth-order valence-electron chi connectivity index (χ4n) is 3.68. The van der Waals surface area contributed by atoms with Crippen molar-refractivity contribution >= 4 is 23.2 Å². The summed E-state index contributed by atoms with van der Waals surface area (Å²) in [6, 6.07) is 1.81. The lowest BCUT2D eigenvalue weighted by atomic mass is 9.83. The predicted octanol–water partition coefficient (Wildman–Crippen LogP) is 2.93. The highest BCUT2D eigenvalue weighted by molar-refractivity contribution is 7.10. The summed E-state index contributed by atoms with van der Waals surface area (Å²) in [5, 5.41) is 14.5. The van der Waals surface area contributed by atoms with E-state index in [1.54, 1.807) is 18.3 Å². The van der Waals surface area contributed by atoms with Crippen molar-refractivity contribution in [1.82, 2.24) is 5.32 Å². The quantitative estimate of drug-likeness (QED) is 0.902. The van der Waals surface area contributed by atoms with Crippen molar-refractivity contribution in [3.8, 4) is 0 Å². The Kier molecular flexibility index (Phi) is 3.78. The van der Waals surface area contributed by atoms with Gasteiger partial charge in [0, 0.05) is 10.9 Å². The molecule has 21 heavy (non-hydrogen) atoms. The van der Waals surface area contributed by atoms with E-state index in [9.17, 15) is 14.7 Å². The van der Waals surface area contributed by atoms with E-state index in [1.165, 1.54) is 4.88 Å². The number of carboxylic acid groups (broad SMARTS) is 1. The highest BCUT2D eigenvalue weighted by Crippen LogP contribution is 2.40. The zero-order valence-corrected chi connectivity index (χ0v) is 13.0. The first-order valence-corrected chi connectivity index (χ1v) is 8.50. The number of aliphatic carboxylic acids is 1. The van der Waals surface area contributed by atoms with Gasteiger partial charge in [-0.05, 0) is 56.0 Å². The van der Waals surface area contributed by atoms with Crippen LogP contribution in [-0.2, 0) is 16.0 Å². The molecule has 3 atom stereocenters. The number of hydrogen-bond donors (Lipinski definition) is 2. The molecule has 0 aromatic carbocycles. The Morgan fingerprint density at radius 3 is 2.95 bits per heavy atom. The number of rotatable bonds is 3. The molecule has 1 fully saturated rings. The van der Waals surface area contributed by atoms with Crippen LogP contribution in [0.4, 0.5) is 0 Å². The minimum atomic E-state index is -0.818. The number of thiophene rings is 1. The Bertz CT molecular complexity index is 568. The van der Waals surface area contributed by atoms with Crippen molar-refractivity contribution in [3.05, 3.63) is 21.9 Å². The zero-order valence-electron chi connectivity index (χ0n) is 12.2. The second-order valence-electron chi connectivity index (χ2n) is 6.42. The van der Waals surface area contributed by atoms with Gasteiger partial charge in [-0.2, -0.15) is 0 Å². The largest absolute Gasteiger partial charge is 0.481 e. The van der Waals surface area contributed by atoms with E-state index in [1.807, 2.05) is 5.38 Å². The van der Waals surface area contributed by atoms with Gasteiger partial charge in [0.1, 0.15) is 0 Å². The lowest BCUT2D eigenvalue weighted by Crippen LogP contribution is -2.48. The molecule has 0 aliphatic heterocycles. The number of amides is 1.